The van der Waals surface area contributed by atoms with Crippen LogP contribution in [0.5, 0.6) is 0 Å². The minimum absolute atomic E-state index is 0.508. The van der Waals surface area contributed by atoms with Crippen molar-refractivity contribution in [1.29, 1.82) is 0 Å². The maximum absolute atomic E-state index is 4.30. The third kappa shape index (κ3) is 4.17. The molecule has 0 aromatic carbocycles. The van der Waals surface area contributed by atoms with E-state index in [0.717, 1.165) is 25.6 Å². The molecule has 0 amide bonds. The molecule has 2 fully saturated rings. The van der Waals surface area contributed by atoms with Gasteiger partial charge < -0.3 is 10.2 Å². The topological polar surface area (TPSA) is 31.4 Å². The first-order chi connectivity index (χ1) is 10.2. The Morgan fingerprint density at radius 3 is 2.67 bits per heavy atom. The molecule has 0 radical (unpaired) electrons. The highest BCUT2D eigenvalue weighted by Gasteiger charge is 2.26. The van der Waals surface area contributed by atoms with Crippen molar-refractivity contribution in [2.24, 2.45) is 5.92 Å². The molecule has 1 aliphatic heterocycles. The van der Waals surface area contributed by atoms with Crippen LogP contribution in [0.4, 0.5) is 5.69 Å². The minimum atomic E-state index is 0.508. The predicted octanol–water partition coefficient (Wildman–Crippen LogP) is 2.11. The summed E-state index contributed by atoms with van der Waals surface area (Å²) in [5, 5.41) is 3.51. The first-order valence-corrected chi connectivity index (χ1v) is 8.36. The van der Waals surface area contributed by atoms with E-state index in [1.807, 2.05) is 12.4 Å². The van der Waals surface area contributed by atoms with E-state index in [4.69, 9.17) is 0 Å². The smallest absolute Gasteiger partial charge is 0.0443 e. The lowest BCUT2D eigenvalue weighted by molar-refractivity contribution is 0.248. The molecular formula is C17H28N4. The highest BCUT2D eigenvalue weighted by molar-refractivity contribution is 5.52. The summed E-state index contributed by atoms with van der Waals surface area (Å²) in [6, 6.07) is 2.68. The molecule has 4 nitrogen and oxygen atoms in total. The van der Waals surface area contributed by atoms with Crippen LogP contribution in [0.3, 0.4) is 0 Å². The molecule has 1 saturated heterocycles. The number of hydrogen-bond donors (Lipinski definition) is 1. The average Bonchev–Trinajstić information content (AvgIpc) is 3.30. The lowest BCUT2D eigenvalue weighted by atomic mass is 10.1. The van der Waals surface area contributed by atoms with Gasteiger partial charge in [0, 0.05) is 69.0 Å². The van der Waals surface area contributed by atoms with Gasteiger partial charge in [-0.1, -0.05) is 13.8 Å². The molecule has 0 bridgehead atoms. The van der Waals surface area contributed by atoms with E-state index in [2.05, 4.69) is 40.0 Å². The van der Waals surface area contributed by atoms with Gasteiger partial charge >= 0.3 is 0 Å². The SMILES string of the molecule is CC(C)NCc1cnccc1N1CCN(CC2CC2)CC1. The number of aromatic nitrogens is 1. The third-order valence-electron chi connectivity index (χ3n) is 4.50. The zero-order valence-corrected chi connectivity index (χ0v) is 13.4. The second kappa shape index (κ2) is 6.75. The van der Waals surface area contributed by atoms with Crippen molar-refractivity contribution in [2.45, 2.75) is 39.3 Å². The maximum atomic E-state index is 4.30. The van der Waals surface area contributed by atoms with Crippen LogP contribution >= 0.6 is 0 Å². The first kappa shape index (κ1) is 14.8. The largest absolute Gasteiger partial charge is 0.369 e. The van der Waals surface area contributed by atoms with Gasteiger partial charge in [0.05, 0.1) is 0 Å². The van der Waals surface area contributed by atoms with Gasteiger partial charge in [-0.05, 0) is 24.8 Å². The van der Waals surface area contributed by atoms with E-state index in [1.54, 1.807) is 0 Å². The molecule has 0 atom stereocenters. The van der Waals surface area contributed by atoms with Gasteiger partial charge in [-0.2, -0.15) is 0 Å². The predicted molar refractivity (Wildman–Crippen MR) is 87.6 cm³/mol. The van der Waals surface area contributed by atoms with E-state index < -0.39 is 0 Å². The van der Waals surface area contributed by atoms with Gasteiger partial charge in [0.2, 0.25) is 0 Å². The Morgan fingerprint density at radius 2 is 2.00 bits per heavy atom. The lowest BCUT2D eigenvalue weighted by Gasteiger charge is -2.37. The molecule has 21 heavy (non-hydrogen) atoms. The summed E-state index contributed by atoms with van der Waals surface area (Å²) in [7, 11) is 0. The van der Waals surface area contributed by atoms with E-state index >= 15 is 0 Å². The molecule has 1 saturated carbocycles. The van der Waals surface area contributed by atoms with Gasteiger partial charge in [-0.15, -0.1) is 0 Å². The van der Waals surface area contributed by atoms with E-state index in [9.17, 15) is 0 Å². The molecule has 3 rings (SSSR count). The Balaban J connectivity index is 1.58. The second-order valence-corrected chi connectivity index (χ2v) is 6.77. The summed E-state index contributed by atoms with van der Waals surface area (Å²) < 4.78 is 0. The molecule has 1 aliphatic carbocycles. The number of piperazine rings is 1. The maximum Gasteiger partial charge on any atom is 0.0443 e. The van der Waals surface area contributed by atoms with E-state index in [-0.39, 0.29) is 0 Å². The molecule has 2 heterocycles. The van der Waals surface area contributed by atoms with Gasteiger partial charge in [-0.25, -0.2) is 0 Å². The molecule has 1 aromatic heterocycles. The average molecular weight is 288 g/mol. The molecule has 0 spiro atoms. The van der Waals surface area contributed by atoms with Crippen LogP contribution in [-0.2, 0) is 6.54 Å². The summed E-state index contributed by atoms with van der Waals surface area (Å²) in [6.45, 7) is 11.3. The number of anilines is 1. The van der Waals surface area contributed by atoms with Crippen molar-refractivity contribution in [2.75, 3.05) is 37.6 Å². The van der Waals surface area contributed by atoms with Gasteiger partial charge in [-0.3, -0.25) is 9.88 Å². The Hall–Kier alpha value is -1.13. The number of hydrogen-bond acceptors (Lipinski definition) is 4. The molecule has 0 unspecified atom stereocenters. The molecule has 1 N–H and O–H groups in total. The molecule has 4 heteroatoms. The normalized spacial score (nSPS) is 20.2. The highest BCUT2D eigenvalue weighted by atomic mass is 15.3. The van der Waals surface area contributed by atoms with Crippen molar-refractivity contribution >= 4 is 5.69 Å². The van der Waals surface area contributed by atoms with Gasteiger partial charge in [0.1, 0.15) is 0 Å². The monoisotopic (exact) mass is 288 g/mol. The fourth-order valence-electron chi connectivity index (χ4n) is 3.02. The fraction of sp³-hybridized carbons (Fsp3) is 0.706. The van der Waals surface area contributed by atoms with E-state index in [1.165, 1.54) is 43.7 Å². The van der Waals surface area contributed by atoms with E-state index in [0.29, 0.717) is 6.04 Å². The van der Waals surface area contributed by atoms with Crippen LogP contribution < -0.4 is 10.2 Å². The Labute approximate surface area is 128 Å². The van der Waals surface area contributed by atoms with Gasteiger partial charge in [0.25, 0.3) is 0 Å². The minimum Gasteiger partial charge on any atom is -0.369 e. The van der Waals surface area contributed by atoms with Gasteiger partial charge in [0.15, 0.2) is 0 Å². The summed E-state index contributed by atoms with van der Waals surface area (Å²) in [5.74, 6) is 1.00. The zero-order chi connectivity index (χ0) is 14.7. The quantitative estimate of drug-likeness (QED) is 0.869. The standard InChI is InChI=1S/C17H28N4/c1-14(2)19-12-16-11-18-6-5-17(16)21-9-7-20(8-10-21)13-15-3-4-15/h5-6,11,14-15,19H,3-4,7-10,12-13H2,1-2H3. The number of nitrogens with one attached hydrogen (secondary N) is 1. The lowest BCUT2D eigenvalue weighted by Crippen LogP contribution is -2.47. The van der Waals surface area contributed by atoms with Crippen molar-refractivity contribution in [3.63, 3.8) is 0 Å². The van der Waals surface area contributed by atoms with Crippen molar-refractivity contribution in [3.05, 3.63) is 24.0 Å². The molecule has 116 valence electrons. The second-order valence-electron chi connectivity index (χ2n) is 6.77. The van der Waals surface area contributed by atoms with Crippen LogP contribution in [-0.4, -0.2) is 48.6 Å². The van der Waals surface area contributed by atoms with Crippen molar-refractivity contribution in [1.82, 2.24) is 15.2 Å². The zero-order valence-electron chi connectivity index (χ0n) is 13.4. The van der Waals surface area contributed by atoms with Crippen LogP contribution in [0, 0.1) is 5.92 Å². The Kier molecular flexibility index (Phi) is 4.76. The third-order valence-corrected chi connectivity index (χ3v) is 4.50. The molecule has 1 aromatic rings. The van der Waals surface area contributed by atoms with Crippen LogP contribution in [0.1, 0.15) is 32.3 Å². The first-order valence-electron chi connectivity index (χ1n) is 8.36. The summed E-state index contributed by atoms with van der Waals surface area (Å²) in [6.07, 6.45) is 6.84. The van der Waals surface area contributed by atoms with Crippen molar-refractivity contribution in [3.8, 4) is 0 Å². The Morgan fingerprint density at radius 1 is 1.24 bits per heavy atom. The van der Waals surface area contributed by atoms with Crippen LogP contribution in [0.25, 0.3) is 0 Å². The van der Waals surface area contributed by atoms with Crippen LogP contribution in [0.15, 0.2) is 18.5 Å². The summed E-state index contributed by atoms with van der Waals surface area (Å²) >= 11 is 0. The highest BCUT2D eigenvalue weighted by Crippen LogP contribution is 2.30. The van der Waals surface area contributed by atoms with Crippen molar-refractivity contribution < 1.29 is 0 Å². The summed E-state index contributed by atoms with van der Waals surface area (Å²) in [4.78, 5) is 9.47. The fourth-order valence-corrected chi connectivity index (χ4v) is 3.02. The Bertz CT molecular complexity index is 448. The number of rotatable bonds is 6. The van der Waals surface area contributed by atoms with Crippen LogP contribution in [0.2, 0.25) is 0 Å². The summed E-state index contributed by atoms with van der Waals surface area (Å²) in [5.41, 5.74) is 2.69. The molecular weight excluding hydrogens is 260 g/mol. The molecule has 2 aliphatic rings. The number of nitrogens with zero attached hydrogens (tertiary/aromatic N) is 3. The number of pyridine rings is 1.